The molecule has 0 bridgehead atoms. The molecule has 1 aliphatic rings. The Balaban J connectivity index is 1.84. The van der Waals surface area contributed by atoms with E-state index >= 15 is 0 Å². The van der Waals surface area contributed by atoms with Gasteiger partial charge in [-0.05, 0) is 50.0 Å². The van der Waals surface area contributed by atoms with Crippen molar-refractivity contribution in [2.45, 2.75) is 12.8 Å². The molecular weight excluding hydrogens is 219 g/mol. The van der Waals surface area contributed by atoms with Gasteiger partial charge in [-0.3, -0.25) is 4.79 Å². The lowest BCUT2D eigenvalue weighted by Gasteiger charge is -2.22. The van der Waals surface area contributed by atoms with E-state index in [0.29, 0.717) is 18.0 Å². The van der Waals surface area contributed by atoms with Crippen LogP contribution in [0.2, 0.25) is 0 Å². The van der Waals surface area contributed by atoms with Gasteiger partial charge in [-0.25, -0.2) is 4.39 Å². The van der Waals surface area contributed by atoms with E-state index < -0.39 is 0 Å². The summed E-state index contributed by atoms with van der Waals surface area (Å²) in [4.78, 5) is 11.7. The van der Waals surface area contributed by atoms with Gasteiger partial charge in [-0.15, -0.1) is 0 Å². The Bertz CT molecular complexity index is 389. The van der Waals surface area contributed by atoms with E-state index in [1.807, 2.05) is 0 Å². The molecule has 0 saturated carbocycles. The molecule has 1 aromatic rings. The smallest absolute Gasteiger partial charge is 0.251 e. The van der Waals surface area contributed by atoms with Gasteiger partial charge in [0, 0.05) is 12.1 Å². The highest BCUT2D eigenvalue weighted by molar-refractivity contribution is 5.94. The summed E-state index contributed by atoms with van der Waals surface area (Å²) in [5.74, 6) is -0.0895. The lowest BCUT2D eigenvalue weighted by atomic mass is 10.00. The van der Waals surface area contributed by atoms with Crippen LogP contribution in [0.3, 0.4) is 0 Å². The molecule has 0 spiro atoms. The second-order valence-corrected chi connectivity index (χ2v) is 4.43. The molecule has 1 heterocycles. The van der Waals surface area contributed by atoms with Crippen LogP contribution in [-0.2, 0) is 0 Å². The number of carbonyl (C=O) groups excluding carboxylic acids is 1. The zero-order valence-electron chi connectivity index (χ0n) is 9.71. The molecule has 0 aliphatic carbocycles. The summed E-state index contributed by atoms with van der Waals surface area (Å²) in [6.45, 7) is 2.67. The molecular formula is C13H17FN2O. The third kappa shape index (κ3) is 3.53. The van der Waals surface area contributed by atoms with Crippen LogP contribution in [0.25, 0.3) is 0 Å². The van der Waals surface area contributed by atoms with Gasteiger partial charge in [-0.1, -0.05) is 6.07 Å². The van der Waals surface area contributed by atoms with Crippen LogP contribution in [0.15, 0.2) is 24.3 Å². The van der Waals surface area contributed by atoms with Crippen molar-refractivity contribution in [3.05, 3.63) is 35.6 Å². The third-order valence-electron chi connectivity index (χ3n) is 3.04. The maximum Gasteiger partial charge on any atom is 0.251 e. The van der Waals surface area contributed by atoms with Gasteiger partial charge in [0.1, 0.15) is 5.82 Å². The first-order chi connectivity index (χ1) is 8.25. The number of halogens is 1. The Morgan fingerprint density at radius 1 is 1.53 bits per heavy atom. The summed E-state index contributed by atoms with van der Waals surface area (Å²) >= 11 is 0. The quantitative estimate of drug-likeness (QED) is 0.836. The number of benzene rings is 1. The van der Waals surface area contributed by atoms with Crippen LogP contribution in [0, 0.1) is 11.7 Å². The van der Waals surface area contributed by atoms with Crippen molar-refractivity contribution < 1.29 is 9.18 Å². The van der Waals surface area contributed by atoms with Crippen LogP contribution in [-0.4, -0.2) is 25.5 Å². The minimum Gasteiger partial charge on any atom is -0.352 e. The molecule has 17 heavy (non-hydrogen) atoms. The summed E-state index contributed by atoms with van der Waals surface area (Å²) in [7, 11) is 0. The van der Waals surface area contributed by atoms with Crippen molar-refractivity contribution in [2.24, 2.45) is 5.92 Å². The Morgan fingerprint density at radius 3 is 3.12 bits per heavy atom. The van der Waals surface area contributed by atoms with E-state index in [4.69, 9.17) is 0 Å². The van der Waals surface area contributed by atoms with Gasteiger partial charge in [0.2, 0.25) is 0 Å². The highest BCUT2D eigenvalue weighted by Gasteiger charge is 2.14. The summed E-state index contributed by atoms with van der Waals surface area (Å²) < 4.78 is 12.9. The predicted molar refractivity (Wildman–Crippen MR) is 64.3 cm³/mol. The van der Waals surface area contributed by atoms with Crippen LogP contribution in [0.1, 0.15) is 23.2 Å². The second-order valence-electron chi connectivity index (χ2n) is 4.43. The van der Waals surface area contributed by atoms with Crippen LogP contribution < -0.4 is 10.6 Å². The molecule has 1 aromatic carbocycles. The molecule has 4 heteroatoms. The number of carbonyl (C=O) groups is 1. The van der Waals surface area contributed by atoms with Crippen molar-refractivity contribution >= 4 is 5.91 Å². The topological polar surface area (TPSA) is 41.1 Å². The van der Waals surface area contributed by atoms with E-state index in [1.54, 1.807) is 12.1 Å². The van der Waals surface area contributed by atoms with Crippen LogP contribution >= 0.6 is 0 Å². The van der Waals surface area contributed by atoms with Crippen molar-refractivity contribution in [3.63, 3.8) is 0 Å². The van der Waals surface area contributed by atoms with E-state index in [1.165, 1.54) is 12.1 Å². The first-order valence-corrected chi connectivity index (χ1v) is 6.00. The van der Waals surface area contributed by atoms with Gasteiger partial charge in [-0.2, -0.15) is 0 Å². The third-order valence-corrected chi connectivity index (χ3v) is 3.04. The van der Waals surface area contributed by atoms with Gasteiger partial charge >= 0.3 is 0 Å². The average Bonchev–Trinajstić information content (AvgIpc) is 2.37. The fourth-order valence-electron chi connectivity index (χ4n) is 2.07. The van der Waals surface area contributed by atoms with Gasteiger partial charge in [0.15, 0.2) is 0 Å². The van der Waals surface area contributed by atoms with Crippen molar-refractivity contribution in [3.8, 4) is 0 Å². The van der Waals surface area contributed by atoms with Crippen molar-refractivity contribution in [1.29, 1.82) is 0 Å². The molecule has 1 unspecified atom stereocenters. The van der Waals surface area contributed by atoms with E-state index in [9.17, 15) is 9.18 Å². The summed E-state index contributed by atoms with van der Waals surface area (Å²) in [6, 6.07) is 5.76. The molecule has 1 atom stereocenters. The summed E-state index contributed by atoms with van der Waals surface area (Å²) in [5.41, 5.74) is 0.383. The molecule has 1 amide bonds. The van der Waals surface area contributed by atoms with Crippen LogP contribution in [0.4, 0.5) is 4.39 Å². The Kier molecular flexibility index (Phi) is 4.09. The minimum absolute atomic E-state index is 0.199. The molecule has 1 aliphatic heterocycles. The number of piperidine rings is 1. The van der Waals surface area contributed by atoms with Gasteiger partial charge < -0.3 is 10.6 Å². The fourth-order valence-corrected chi connectivity index (χ4v) is 2.07. The lowest BCUT2D eigenvalue weighted by molar-refractivity contribution is 0.0944. The molecule has 1 saturated heterocycles. The lowest BCUT2D eigenvalue weighted by Crippen LogP contribution is -2.38. The summed E-state index contributed by atoms with van der Waals surface area (Å²) in [6.07, 6.45) is 2.29. The highest BCUT2D eigenvalue weighted by Crippen LogP contribution is 2.09. The molecule has 2 N–H and O–H groups in total. The van der Waals surface area contributed by atoms with E-state index in [-0.39, 0.29) is 11.7 Å². The number of amides is 1. The predicted octanol–water partition coefficient (Wildman–Crippen LogP) is 1.56. The minimum atomic E-state index is -0.378. The normalized spacial score (nSPS) is 19.9. The fraction of sp³-hybridized carbons (Fsp3) is 0.462. The number of hydrogen-bond donors (Lipinski definition) is 2. The maximum absolute atomic E-state index is 12.9. The first-order valence-electron chi connectivity index (χ1n) is 6.00. The Morgan fingerprint density at radius 2 is 2.41 bits per heavy atom. The molecule has 0 radical (unpaired) electrons. The van der Waals surface area contributed by atoms with E-state index in [2.05, 4.69) is 10.6 Å². The standard InChI is InChI=1S/C13H17FN2O/c14-12-5-1-4-11(7-12)13(17)16-9-10-3-2-6-15-8-10/h1,4-5,7,10,15H,2-3,6,8-9H2,(H,16,17). The SMILES string of the molecule is O=C(NCC1CCCNC1)c1cccc(F)c1. The Labute approximate surface area is 100 Å². The second kappa shape index (κ2) is 5.77. The molecule has 0 aromatic heterocycles. The number of rotatable bonds is 3. The van der Waals surface area contributed by atoms with Gasteiger partial charge in [0.25, 0.3) is 5.91 Å². The van der Waals surface area contributed by atoms with Crippen molar-refractivity contribution in [1.82, 2.24) is 10.6 Å². The number of nitrogens with one attached hydrogen (secondary N) is 2. The highest BCUT2D eigenvalue weighted by atomic mass is 19.1. The van der Waals surface area contributed by atoms with Crippen molar-refractivity contribution in [2.75, 3.05) is 19.6 Å². The maximum atomic E-state index is 12.9. The average molecular weight is 236 g/mol. The largest absolute Gasteiger partial charge is 0.352 e. The zero-order chi connectivity index (χ0) is 12.1. The molecule has 92 valence electrons. The Hall–Kier alpha value is -1.42. The number of hydrogen-bond acceptors (Lipinski definition) is 2. The molecule has 1 fully saturated rings. The molecule has 2 rings (SSSR count). The monoisotopic (exact) mass is 236 g/mol. The van der Waals surface area contributed by atoms with Crippen LogP contribution in [0.5, 0.6) is 0 Å². The van der Waals surface area contributed by atoms with E-state index in [0.717, 1.165) is 25.9 Å². The zero-order valence-corrected chi connectivity index (χ0v) is 9.71. The summed E-state index contributed by atoms with van der Waals surface area (Å²) in [5, 5.41) is 6.15. The first kappa shape index (κ1) is 12.0. The van der Waals surface area contributed by atoms with Gasteiger partial charge in [0.05, 0.1) is 0 Å². The molecule has 3 nitrogen and oxygen atoms in total.